The van der Waals surface area contributed by atoms with Crippen molar-refractivity contribution in [2.24, 2.45) is 0 Å². The highest BCUT2D eigenvalue weighted by Gasteiger charge is 2.08. The number of methoxy groups -OCH3 is 1. The third kappa shape index (κ3) is 4.66. The summed E-state index contributed by atoms with van der Waals surface area (Å²) >= 11 is 3.42. The summed E-state index contributed by atoms with van der Waals surface area (Å²) in [5, 5.41) is 2.85. The molecular weight excluding hydrogens is 296 g/mol. The van der Waals surface area contributed by atoms with Crippen molar-refractivity contribution in [3.63, 3.8) is 0 Å². The molecule has 100 valence electrons. The normalized spacial score (nSPS) is 12.0. The van der Waals surface area contributed by atoms with E-state index in [0.717, 1.165) is 5.69 Å². The van der Waals surface area contributed by atoms with Crippen LogP contribution in [0.25, 0.3) is 0 Å². The third-order valence-electron chi connectivity index (χ3n) is 2.48. The van der Waals surface area contributed by atoms with Gasteiger partial charge in [0.1, 0.15) is 0 Å². The molecule has 0 aromatic heterocycles. The summed E-state index contributed by atoms with van der Waals surface area (Å²) in [5.74, 6) is -0.0686. The van der Waals surface area contributed by atoms with Gasteiger partial charge in [-0.15, -0.1) is 0 Å². The number of anilines is 1. The van der Waals surface area contributed by atoms with E-state index in [1.54, 1.807) is 7.11 Å². The summed E-state index contributed by atoms with van der Waals surface area (Å²) in [5.41, 5.74) is 1.74. The van der Waals surface area contributed by atoms with Crippen molar-refractivity contribution >= 4 is 27.5 Å². The molecule has 0 aliphatic carbocycles. The lowest BCUT2D eigenvalue weighted by Crippen LogP contribution is -2.31. The Hall–Kier alpha value is -1.07. The van der Waals surface area contributed by atoms with E-state index in [2.05, 4.69) is 21.2 Å². The van der Waals surface area contributed by atoms with Gasteiger partial charge in [0.05, 0.1) is 11.4 Å². The van der Waals surface area contributed by atoms with Gasteiger partial charge in [-0.1, -0.05) is 15.9 Å². The van der Waals surface area contributed by atoms with E-state index in [-0.39, 0.29) is 10.7 Å². The summed E-state index contributed by atoms with van der Waals surface area (Å²) in [4.78, 5) is 14.0. The van der Waals surface area contributed by atoms with Crippen molar-refractivity contribution in [2.75, 3.05) is 39.3 Å². The van der Waals surface area contributed by atoms with Crippen molar-refractivity contribution in [2.45, 2.75) is 4.83 Å². The number of benzene rings is 1. The van der Waals surface area contributed by atoms with Crippen LogP contribution >= 0.6 is 15.9 Å². The molecule has 0 radical (unpaired) electrons. The maximum atomic E-state index is 11.8. The van der Waals surface area contributed by atoms with Gasteiger partial charge in [0, 0.05) is 39.0 Å². The monoisotopic (exact) mass is 314 g/mol. The van der Waals surface area contributed by atoms with E-state index < -0.39 is 0 Å². The Labute approximate surface area is 116 Å². The minimum atomic E-state index is -0.0686. The van der Waals surface area contributed by atoms with Crippen LogP contribution in [0.2, 0.25) is 0 Å². The van der Waals surface area contributed by atoms with E-state index in [9.17, 15) is 4.79 Å². The summed E-state index contributed by atoms with van der Waals surface area (Å²) in [6.45, 7) is 1.11. The predicted octanol–water partition coefficient (Wildman–Crippen LogP) is 1.89. The molecule has 0 aliphatic rings. The molecule has 0 fully saturated rings. The number of halogens is 1. The van der Waals surface area contributed by atoms with Gasteiger partial charge in [-0.05, 0) is 24.3 Å². The van der Waals surface area contributed by atoms with Gasteiger partial charge in [-0.25, -0.2) is 0 Å². The summed E-state index contributed by atoms with van der Waals surface area (Å²) in [7, 11) is 5.57. The highest BCUT2D eigenvalue weighted by atomic mass is 79.9. The second-order valence-electron chi connectivity index (χ2n) is 4.20. The number of ether oxygens (including phenoxy) is 1. The molecule has 1 atom stereocenters. The Bertz CT molecular complexity index is 379. The molecule has 1 unspecified atom stereocenters. The fourth-order valence-electron chi connectivity index (χ4n) is 1.46. The Balaban J connectivity index is 2.51. The zero-order valence-electron chi connectivity index (χ0n) is 10.9. The summed E-state index contributed by atoms with van der Waals surface area (Å²) in [6, 6.07) is 7.50. The lowest BCUT2D eigenvalue weighted by molar-refractivity contribution is 0.0950. The van der Waals surface area contributed by atoms with Crippen molar-refractivity contribution < 1.29 is 9.53 Å². The van der Waals surface area contributed by atoms with Crippen LogP contribution in [0, 0.1) is 0 Å². The summed E-state index contributed by atoms with van der Waals surface area (Å²) in [6.07, 6.45) is 0. The average Bonchev–Trinajstić information content (AvgIpc) is 2.36. The molecular formula is C13H19BrN2O2. The molecule has 0 aliphatic heterocycles. The quantitative estimate of drug-likeness (QED) is 0.815. The molecule has 1 rings (SSSR count). The standard InChI is InChI=1S/C13H19BrN2O2/c1-16(2)12-6-4-10(5-7-12)13(17)15-8-11(14)9-18-3/h4-7,11H,8-9H2,1-3H3,(H,15,17). The van der Waals surface area contributed by atoms with Gasteiger partial charge in [-0.3, -0.25) is 4.79 Å². The molecule has 1 aromatic rings. The van der Waals surface area contributed by atoms with Crippen LogP contribution in [-0.4, -0.2) is 45.1 Å². The minimum Gasteiger partial charge on any atom is -0.383 e. The van der Waals surface area contributed by atoms with E-state index >= 15 is 0 Å². The molecule has 1 N–H and O–H groups in total. The Morgan fingerprint density at radius 2 is 2.00 bits per heavy atom. The lowest BCUT2D eigenvalue weighted by atomic mass is 10.2. The predicted molar refractivity (Wildman–Crippen MR) is 77.7 cm³/mol. The first kappa shape index (κ1) is 15.0. The maximum absolute atomic E-state index is 11.8. The Kier molecular flexibility index (Phi) is 6.15. The van der Waals surface area contributed by atoms with Crippen molar-refractivity contribution in [1.29, 1.82) is 0 Å². The van der Waals surface area contributed by atoms with Gasteiger partial charge in [-0.2, -0.15) is 0 Å². The molecule has 18 heavy (non-hydrogen) atoms. The van der Waals surface area contributed by atoms with Crippen molar-refractivity contribution in [3.8, 4) is 0 Å². The van der Waals surface area contributed by atoms with Crippen LogP contribution < -0.4 is 10.2 Å². The highest BCUT2D eigenvalue weighted by molar-refractivity contribution is 9.09. The number of rotatable bonds is 6. The Morgan fingerprint density at radius 3 is 2.50 bits per heavy atom. The molecule has 0 saturated carbocycles. The van der Waals surface area contributed by atoms with Gasteiger partial charge in [0.15, 0.2) is 0 Å². The van der Waals surface area contributed by atoms with Crippen LogP contribution in [0.3, 0.4) is 0 Å². The first-order valence-electron chi connectivity index (χ1n) is 5.73. The van der Waals surface area contributed by atoms with Gasteiger partial charge < -0.3 is 15.0 Å². The molecule has 1 aromatic carbocycles. The molecule has 1 amide bonds. The summed E-state index contributed by atoms with van der Waals surface area (Å²) < 4.78 is 4.98. The first-order chi connectivity index (χ1) is 8.54. The van der Waals surface area contributed by atoms with E-state index in [1.807, 2.05) is 43.3 Å². The van der Waals surface area contributed by atoms with Crippen LogP contribution in [0.5, 0.6) is 0 Å². The largest absolute Gasteiger partial charge is 0.383 e. The number of nitrogens with one attached hydrogen (secondary N) is 1. The minimum absolute atomic E-state index is 0.0686. The van der Waals surface area contributed by atoms with Crippen LogP contribution in [-0.2, 0) is 4.74 Å². The third-order valence-corrected chi connectivity index (χ3v) is 3.07. The molecule has 5 heteroatoms. The number of carbonyl (C=O) groups excluding carboxylic acids is 1. The van der Waals surface area contributed by atoms with Gasteiger partial charge in [0.2, 0.25) is 0 Å². The van der Waals surface area contributed by atoms with Crippen molar-refractivity contribution in [1.82, 2.24) is 5.32 Å². The fraction of sp³-hybridized carbons (Fsp3) is 0.462. The smallest absolute Gasteiger partial charge is 0.251 e. The molecule has 4 nitrogen and oxygen atoms in total. The van der Waals surface area contributed by atoms with Gasteiger partial charge >= 0.3 is 0 Å². The second kappa shape index (κ2) is 7.38. The first-order valence-corrected chi connectivity index (χ1v) is 6.64. The number of hydrogen-bond acceptors (Lipinski definition) is 3. The van der Waals surface area contributed by atoms with Gasteiger partial charge in [0.25, 0.3) is 5.91 Å². The molecule has 0 heterocycles. The average molecular weight is 315 g/mol. The Morgan fingerprint density at radius 1 is 1.39 bits per heavy atom. The fourth-order valence-corrected chi connectivity index (χ4v) is 1.88. The van der Waals surface area contributed by atoms with E-state index in [4.69, 9.17) is 4.74 Å². The highest BCUT2D eigenvalue weighted by Crippen LogP contribution is 2.12. The number of amides is 1. The zero-order chi connectivity index (χ0) is 13.5. The van der Waals surface area contributed by atoms with Crippen LogP contribution in [0.1, 0.15) is 10.4 Å². The maximum Gasteiger partial charge on any atom is 0.251 e. The molecule has 0 spiro atoms. The van der Waals surface area contributed by atoms with E-state index in [1.165, 1.54) is 0 Å². The second-order valence-corrected chi connectivity index (χ2v) is 5.50. The SMILES string of the molecule is COCC(Br)CNC(=O)c1ccc(N(C)C)cc1. The number of alkyl halides is 1. The lowest BCUT2D eigenvalue weighted by Gasteiger charge is -2.13. The molecule has 0 bridgehead atoms. The van der Waals surface area contributed by atoms with E-state index in [0.29, 0.717) is 18.7 Å². The number of hydrogen-bond donors (Lipinski definition) is 1. The van der Waals surface area contributed by atoms with Crippen LogP contribution in [0.15, 0.2) is 24.3 Å². The van der Waals surface area contributed by atoms with Crippen LogP contribution in [0.4, 0.5) is 5.69 Å². The molecule has 0 saturated heterocycles. The number of carbonyl (C=O) groups is 1. The number of nitrogens with zero attached hydrogens (tertiary/aromatic N) is 1. The topological polar surface area (TPSA) is 41.6 Å². The zero-order valence-corrected chi connectivity index (χ0v) is 12.5. The van der Waals surface area contributed by atoms with Crippen molar-refractivity contribution in [3.05, 3.63) is 29.8 Å².